The Balaban J connectivity index is 1.78. The number of ether oxygens (including phenoxy) is 2. The summed E-state index contributed by atoms with van der Waals surface area (Å²) in [4.78, 5) is 37.3. The number of anilines is 1. The lowest BCUT2D eigenvalue weighted by atomic mass is 10.0. The highest BCUT2D eigenvalue weighted by atomic mass is 16.6. The summed E-state index contributed by atoms with van der Waals surface area (Å²) in [7, 11) is 0. The number of rotatable bonds is 5. The fourth-order valence-corrected chi connectivity index (χ4v) is 2.33. The first-order chi connectivity index (χ1) is 10.9. The van der Waals surface area contributed by atoms with Gasteiger partial charge in [-0.2, -0.15) is 0 Å². The number of hydrogen-bond acceptors (Lipinski definition) is 5. The lowest BCUT2D eigenvalue weighted by Crippen LogP contribution is -2.35. The van der Waals surface area contributed by atoms with Crippen LogP contribution in [0.15, 0.2) is 54.1 Å². The summed E-state index contributed by atoms with van der Waals surface area (Å²) in [5.41, 5.74) is -0.0691. The normalized spacial score (nSPS) is 22.8. The molecule has 2 aliphatic heterocycles. The summed E-state index contributed by atoms with van der Waals surface area (Å²) in [6, 6.07) is 8.63. The van der Waals surface area contributed by atoms with Crippen LogP contribution in [0.1, 0.15) is 6.92 Å². The maximum Gasteiger partial charge on any atom is 0.333 e. The molecule has 0 saturated carbocycles. The van der Waals surface area contributed by atoms with Crippen molar-refractivity contribution >= 4 is 23.5 Å². The van der Waals surface area contributed by atoms with Gasteiger partial charge in [0.25, 0.3) is 11.8 Å². The minimum Gasteiger partial charge on any atom is -0.459 e. The van der Waals surface area contributed by atoms with Gasteiger partial charge >= 0.3 is 5.97 Å². The molecule has 1 atom stereocenters. The van der Waals surface area contributed by atoms with Crippen molar-refractivity contribution in [3.8, 4) is 0 Å². The minimum absolute atomic E-state index is 0.119. The van der Waals surface area contributed by atoms with Crippen LogP contribution in [0, 0.1) is 0 Å². The van der Waals surface area contributed by atoms with E-state index >= 15 is 0 Å². The first-order valence-corrected chi connectivity index (χ1v) is 7.07. The second-order valence-corrected chi connectivity index (χ2v) is 5.51. The van der Waals surface area contributed by atoms with E-state index in [4.69, 9.17) is 9.47 Å². The first-order valence-electron chi connectivity index (χ1n) is 7.07. The molecule has 3 rings (SSSR count). The predicted octanol–water partition coefficient (Wildman–Crippen LogP) is 1.37. The minimum atomic E-state index is -1.03. The molecule has 2 amide bonds. The third-order valence-electron chi connectivity index (χ3n) is 3.70. The molecule has 1 aromatic carbocycles. The molecule has 0 N–H and O–H groups in total. The van der Waals surface area contributed by atoms with Crippen molar-refractivity contribution in [2.24, 2.45) is 0 Å². The number of benzene rings is 1. The Morgan fingerprint density at radius 3 is 2.57 bits per heavy atom. The summed E-state index contributed by atoms with van der Waals surface area (Å²) in [5, 5.41) is 0. The highest BCUT2D eigenvalue weighted by molar-refractivity contribution is 6.31. The monoisotopic (exact) mass is 313 g/mol. The smallest absolute Gasteiger partial charge is 0.333 e. The number of carbonyl (C=O) groups is 3. The Morgan fingerprint density at radius 2 is 2.00 bits per heavy atom. The standard InChI is InChI=1S/C17H15NO5/c1-11(2)16(21)22-9-17(10-23-17)13-8-14(19)18(15(13)20)12-6-4-3-5-7-12/h3-8H,1,9-10H2,2H3. The first kappa shape index (κ1) is 15.2. The number of imide groups is 1. The van der Waals surface area contributed by atoms with E-state index in [0.717, 1.165) is 4.90 Å². The van der Waals surface area contributed by atoms with Crippen LogP contribution in [0.2, 0.25) is 0 Å². The molecule has 0 radical (unpaired) electrons. The topological polar surface area (TPSA) is 76.2 Å². The molecule has 2 aliphatic rings. The predicted molar refractivity (Wildman–Crippen MR) is 81.5 cm³/mol. The van der Waals surface area contributed by atoms with E-state index in [9.17, 15) is 14.4 Å². The van der Waals surface area contributed by atoms with Gasteiger partial charge in [0, 0.05) is 11.6 Å². The largest absolute Gasteiger partial charge is 0.459 e. The number of amides is 2. The molecule has 2 heterocycles. The third-order valence-corrected chi connectivity index (χ3v) is 3.70. The van der Waals surface area contributed by atoms with Crippen LogP contribution in [0.5, 0.6) is 0 Å². The van der Waals surface area contributed by atoms with Crippen molar-refractivity contribution in [2.75, 3.05) is 18.1 Å². The lowest BCUT2D eigenvalue weighted by Gasteiger charge is -2.17. The Morgan fingerprint density at radius 1 is 1.35 bits per heavy atom. The van der Waals surface area contributed by atoms with E-state index in [1.165, 1.54) is 13.0 Å². The van der Waals surface area contributed by atoms with E-state index in [0.29, 0.717) is 5.69 Å². The zero-order valence-electron chi connectivity index (χ0n) is 12.6. The van der Waals surface area contributed by atoms with Crippen molar-refractivity contribution in [3.63, 3.8) is 0 Å². The van der Waals surface area contributed by atoms with Crippen LogP contribution >= 0.6 is 0 Å². The van der Waals surface area contributed by atoms with Crippen molar-refractivity contribution in [1.82, 2.24) is 0 Å². The van der Waals surface area contributed by atoms with E-state index in [-0.39, 0.29) is 24.4 Å². The molecule has 118 valence electrons. The Kier molecular flexibility index (Phi) is 3.61. The maximum absolute atomic E-state index is 12.6. The Bertz CT molecular complexity index is 731. The molecule has 1 aromatic rings. The molecule has 0 bridgehead atoms. The van der Waals surface area contributed by atoms with Gasteiger partial charge in [-0.15, -0.1) is 0 Å². The van der Waals surface area contributed by atoms with Crippen molar-refractivity contribution in [3.05, 3.63) is 54.1 Å². The average Bonchev–Trinajstić information content (AvgIpc) is 3.26. The molecule has 6 heteroatoms. The molecular weight excluding hydrogens is 298 g/mol. The second-order valence-electron chi connectivity index (χ2n) is 5.51. The van der Waals surface area contributed by atoms with Crippen molar-refractivity contribution in [1.29, 1.82) is 0 Å². The SMILES string of the molecule is C=C(C)C(=O)OCC1(C2=CC(=O)N(c3ccccc3)C2=O)CO1. The van der Waals surface area contributed by atoms with E-state index in [1.807, 2.05) is 0 Å². The Hall–Kier alpha value is -2.73. The summed E-state index contributed by atoms with van der Waals surface area (Å²) >= 11 is 0. The molecule has 23 heavy (non-hydrogen) atoms. The van der Waals surface area contributed by atoms with Crippen LogP contribution in [0.4, 0.5) is 5.69 Å². The highest BCUT2D eigenvalue weighted by Crippen LogP contribution is 2.40. The van der Waals surface area contributed by atoms with Crippen LogP contribution in [-0.2, 0) is 23.9 Å². The molecule has 0 aliphatic carbocycles. The number of esters is 1. The highest BCUT2D eigenvalue weighted by Gasteiger charge is 2.56. The molecular formula is C17H15NO5. The fraction of sp³-hybridized carbons (Fsp3) is 0.235. The van der Waals surface area contributed by atoms with Gasteiger partial charge in [-0.25, -0.2) is 9.69 Å². The fourth-order valence-electron chi connectivity index (χ4n) is 2.33. The number of nitrogens with zero attached hydrogens (tertiary/aromatic N) is 1. The van der Waals surface area contributed by atoms with Crippen molar-refractivity contribution in [2.45, 2.75) is 12.5 Å². The quantitative estimate of drug-likeness (QED) is 0.355. The van der Waals surface area contributed by atoms with Gasteiger partial charge in [-0.05, 0) is 19.1 Å². The van der Waals surface area contributed by atoms with Gasteiger partial charge in [0.05, 0.1) is 17.9 Å². The zero-order chi connectivity index (χ0) is 16.6. The number of para-hydroxylation sites is 1. The van der Waals surface area contributed by atoms with E-state index in [1.54, 1.807) is 30.3 Å². The van der Waals surface area contributed by atoms with Crippen molar-refractivity contribution < 1.29 is 23.9 Å². The second kappa shape index (κ2) is 5.48. The van der Waals surface area contributed by atoms with Gasteiger partial charge in [0.2, 0.25) is 0 Å². The Labute approximate surface area is 133 Å². The number of carbonyl (C=O) groups excluding carboxylic acids is 3. The number of epoxide rings is 1. The van der Waals surface area contributed by atoms with E-state index < -0.39 is 23.4 Å². The maximum atomic E-state index is 12.6. The van der Waals surface area contributed by atoms with Crippen LogP contribution in [0.25, 0.3) is 0 Å². The van der Waals surface area contributed by atoms with Crippen LogP contribution < -0.4 is 4.90 Å². The van der Waals surface area contributed by atoms with Gasteiger partial charge in [-0.1, -0.05) is 24.8 Å². The molecule has 6 nitrogen and oxygen atoms in total. The molecule has 1 unspecified atom stereocenters. The van der Waals surface area contributed by atoms with Crippen LogP contribution in [0.3, 0.4) is 0 Å². The summed E-state index contributed by atoms with van der Waals surface area (Å²) in [6.45, 7) is 5.13. The zero-order valence-corrected chi connectivity index (χ0v) is 12.6. The lowest BCUT2D eigenvalue weighted by molar-refractivity contribution is -0.140. The summed E-state index contributed by atoms with van der Waals surface area (Å²) in [6.07, 6.45) is 1.25. The number of hydrogen-bond donors (Lipinski definition) is 0. The summed E-state index contributed by atoms with van der Waals surface area (Å²) < 4.78 is 10.4. The molecule has 0 aromatic heterocycles. The third kappa shape index (κ3) is 2.68. The summed E-state index contributed by atoms with van der Waals surface area (Å²) in [5.74, 6) is -1.44. The van der Waals surface area contributed by atoms with Gasteiger partial charge in [-0.3, -0.25) is 9.59 Å². The molecule has 0 spiro atoms. The van der Waals surface area contributed by atoms with Gasteiger partial charge in [0.15, 0.2) is 5.60 Å². The molecule has 1 fully saturated rings. The van der Waals surface area contributed by atoms with Gasteiger partial charge < -0.3 is 9.47 Å². The van der Waals surface area contributed by atoms with Gasteiger partial charge in [0.1, 0.15) is 6.61 Å². The van der Waals surface area contributed by atoms with E-state index in [2.05, 4.69) is 6.58 Å². The van der Waals surface area contributed by atoms with Crippen LogP contribution in [-0.4, -0.2) is 36.6 Å². The average molecular weight is 313 g/mol. The molecule has 1 saturated heterocycles.